The Balaban J connectivity index is 1.87. The molecular weight excluding hydrogens is 365 g/mol. The minimum absolute atomic E-state index is 0.177. The highest BCUT2D eigenvalue weighted by Crippen LogP contribution is 2.39. The molecule has 3 nitrogen and oxygen atoms in total. The first-order valence-electron chi connectivity index (χ1n) is 7.32. The molecule has 0 aliphatic heterocycles. The molecule has 0 unspecified atom stereocenters. The lowest BCUT2D eigenvalue weighted by atomic mass is 10.1. The Labute approximate surface area is 154 Å². The van der Waals surface area contributed by atoms with Crippen molar-refractivity contribution in [2.45, 2.75) is 13.0 Å². The number of halogens is 2. The summed E-state index contributed by atoms with van der Waals surface area (Å²) in [6, 6.07) is 12.9. The number of fused-ring (bicyclic) bond motifs is 1. The smallest absolute Gasteiger partial charge is 0.263 e. The lowest BCUT2D eigenvalue weighted by molar-refractivity contribution is 0.0944. The quantitative estimate of drug-likeness (QED) is 0.630. The van der Waals surface area contributed by atoms with Gasteiger partial charge in [-0.25, -0.2) is 0 Å². The van der Waals surface area contributed by atoms with E-state index < -0.39 is 0 Å². The molecule has 0 fully saturated rings. The molecule has 2 aromatic carbocycles. The Kier molecular flexibility index (Phi) is 4.99. The van der Waals surface area contributed by atoms with Gasteiger partial charge in [-0.2, -0.15) is 0 Å². The number of ether oxygens (including phenoxy) is 1. The molecule has 0 spiro atoms. The van der Waals surface area contributed by atoms with Crippen LogP contribution < -0.4 is 10.1 Å². The second kappa shape index (κ2) is 7.01. The van der Waals surface area contributed by atoms with Gasteiger partial charge in [-0.1, -0.05) is 41.4 Å². The van der Waals surface area contributed by atoms with Crippen LogP contribution in [0.3, 0.4) is 0 Å². The van der Waals surface area contributed by atoms with E-state index in [2.05, 4.69) is 5.32 Å². The lowest BCUT2D eigenvalue weighted by Crippen LogP contribution is -2.26. The maximum absolute atomic E-state index is 12.6. The van der Waals surface area contributed by atoms with Crippen LogP contribution in [0.1, 0.15) is 28.2 Å². The molecule has 0 aliphatic rings. The second-order valence-corrected chi connectivity index (χ2v) is 7.17. The number of benzene rings is 2. The van der Waals surface area contributed by atoms with E-state index in [0.29, 0.717) is 14.9 Å². The predicted molar refractivity (Wildman–Crippen MR) is 101 cm³/mol. The van der Waals surface area contributed by atoms with E-state index in [1.807, 2.05) is 43.3 Å². The summed E-state index contributed by atoms with van der Waals surface area (Å²) < 4.78 is 6.12. The summed E-state index contributed by atoms with van der Waals surface area (Å²) in [6.07, 6.45) is 0. The molecule has 3 aromatic rings. The van der Waals surface area contributed by atoms with Crippen molar-refractivity contribution in [3.8, 4) is 5.75 Å². The van der Waals surface area contributed by atoms with Gasteiger partial charge in [-0.3, -0.25) is 4.79 Å². The normalized spacial score (nSPS) is 12.2. The molecule has 0 radical (unpaired) electrons. The second-order valence-electron chi connectivity index (χ2n) is 5.33. The maximum Gasteiger partial charge on any atom is 0.263 e. The highest BCUT2D eigenvalue weighted by atomic mass is 35.5. The summed E-state index contributed by atoms with van der Waals surface area (Å²) in [7, 11) is 1.61. The number of hydrogen-bond donors (Lipinski definition) is 1. The van der Waals surface area contributed by atoms with Gasteiger partial charge in [-0.15, -0.1) is 11.3 Å². The van der Waals surface area contributed by atoms with Crippen LogP contribution in [0.2, 0.25) is 10.0 Å². The first-order chi connectivity index (χ1) is 11.5. The zero-order valence-corrected chi connectivity index (χ0v) is 15.4. The van der Waals surface area contributed by atoms with Crippen molar-refractivity contribution in [3.63, 3.8) is 0 Å². The zero-order valence-electron chi connectivity index (χ0n) is 13.1. The third-order valence-corrected chi connectivity index (χ3v) is 5.71. The Bertz CT molecular complexity index is 907. The van der Waals surface area contributed by atoms with E-state index in [4.69, 9.17) is 27.9 Å². The number of nitrogens with one attached hydrogen (secondary N) is 1. The number of carbonyl (C=O) groups is 1. The summed E-state index contributed by atoms with van der Waals surface area (Å²) in [5.74, 6) is 0.535. The van der Waals surface area contributed by atoms with Crippen LogP contribution in [0, 0.1) is 0 Å². The first-order valence-corrected chi connectivity index (χ1v) is 8.90. The topological polar surface area (TPSA) is 38.3 Å². The van der Waals surface area contributed by atoms with Gasteiger partial charge < -0.3 is 10.1 Å². The maximum atomic E-state index is 12.6. The van der Waals surface area contributed by atoms with Gasteiger partial charge in [0.25, 0.3) is 5.91 Å². The first kappa shape index (κ1) is 17.1. The van der Waals surface area contributed by atoms with Crippen LogP contribution in [0.5, 0.6) is 5.75 Å². The van der Waals surface area contributed by atoms with Crippen LogP contribution in [0.4, 0.5) is 0 Å². The van der Waals surface area contributed by atoms with Crippen molar-refractivity contribution in [1.82, 2.24) is 5.32 Å². The van der Waals surface area contributed by atoms with Gasteiger partial charge in [0.15, 0.2) is 0 Å². The third kappa shape index (κ3) is 3.22. The van der Waals surface area contributed by atoms with E-state index in [0.717, 1.165) is 21.4 Å². The Hall–Kier alpha value is -1.75. The Morgan fingerprint density at radius 2 is 1.96 bits per heavy atom. The molecule has 0 aliphatic carbocycles. The van der Waals surface area contributed by atoms with Crippen molar-refractivity contribution in [3.05, 3.63) is 63.0 Å². The monoisotopic (exact) mass is 379 g/mol. The summed E-state index contributed by atoms with van der Waals surface area (Å²) in [6.45, 7) is 1.92. The standard InChI is InChI=1S/C18H15Cl2NO2S/c1-10(11-5-3-6-12(9-11)23-2)21-18(22)17-16(20)15-13(19)7-4-8-14(15)24-17/h3-10H,1-2H3,(H,21,22)/t10-/m0/s1. The average Bonchev–Trinajstić information content (AvgIpc) is 2.93. The number of thiophene rings is 1. The number of carbonyl (C=O) groups excluding carboxylic acids is 1. The highest BCUT2D eigenvalue weighted by molar-refractivity contribution is 7.21. The molecule has 0 bridgehead atoms. The van der Waals surface area contributed by atoms with E-state index >= 15 is 0 Å². The highest BCUT2D eigenvalue weighted by Gasteiger charge is 2.20. The molecule has 6 heteroatoms. The molecule has 1 atom stereocenters. The molecule has 124 valence electrons. The lowest BCUT2D eigenvalue weighted by Gasteiger charge is -2.14. The van der Waals surface area contributed by atoms with Crippen molar-refractivity contribution < 1.29 is 9.53 Å². The minimum atomic E-state index is -0.215. The third-order valence-electron chi connectivity index (χ3n) is 3.75. The van der Waals surface area contributed by atoms with Gasteiger partial charge in [0.05, 0.1) is 23.2 Å². The summed E-state index contributed by atoms with van der Waals surface area (Å²) in [5, 5.41) is 4.65. The molecule has 24 heavy (non-hydrogen) atoms. The Morgan fingerprint density at radius 3 is 2.67 bits per heavy atom. The van der Waals surface area contributed by atoms with Crippen LogP contribution in [-0.4, -0.2) is 13.0 Å². The fourth-order valence-corrected chi connectivity index (χ4v) is 4.33. The minimum Gasteiger partial charge on any atom is -0.497 e. The van der Waals surface area contributed by atoms with Crippen molar-refractivity contribution in [1.29, 1.82) is 0 Å². The van der Waals surface area contributed by atoms with Gasteiger partial charge in [0.1, 0.15) is 10.6 Å². The van der Waals surface area contributed by atoms with Crippen molar-refractivity contribution in [2.24, 2.45) is 0 Å². The van der Waals surface area contributed by atoms with Crippen LogP contribution in [0.15, 0.2) is 42.5 Å². The van der Waals surface area contributed by atoms with E-state index in [1.54, 1.807) is 13.2 Å². The molecule has 0 saturated heterocycles. The fraction of sp³-hybridized carbons (Fsp3) is 0.167. The number of amides is 1. The van der Waals surface area contributed by atoms with E-state index in [-0.39, 0.29) is 11.9 Å². The van der Waals surface area contributed by atoms with Gasteiger partial charge in [0, 0.05) is 10.1 Å². The average molecular weight is 380 g/mol. The number of rotatable bonds is 4. The number of hydrogen-bond acceptors (Lipinski definition) is 3. The molecule has 1 N–H and O–H groups in total. The predicted octanol–water partition coefficient (Wildman–Crippen LogP) is 5.71. The van der Waals surface area contributed by atoms with Crippen molar-refractivity contribution >= 4 is 50.5 Å². The van der Waals surface area contributed by atoms with Crippen molar-refractivity contribution in [2.75, 3.05) is 7.11 Å². The van der Waals surface area contributed by atoms with Gasteiger partial charge in [0.2, 0.25) is 0 Å². The van der Waals surface area contributed by atoms with Crippen LogP contribution >= 0.6 is 34.5 Å². The molecular formula is C18H15Cl2NO2S. The molecule has 0 saturated carbocycles. The Morgan fingerprint density at radius 1 is 1.21 bits per heavy atom. The summed E-state index contributed by atoms with van der Waals surface area (Å²) >= 11 is 13.9. The number of methoxy groups -OCH3 is 1. The SMILES string of the molecule is COc1cccc([C@H](C)NC(=O)c2sc3cccc(Cl)c3c2Cl)c1. The van der Waals surface area contributed by atoms with Crippen LogP contribution in [-0.2, 0) is 0 Å². The largest absolute Gasteiger partial charge is 0.497 e. The zero-order chi connectivity index (χ0) is 17.3. The van der Waals surface area contributed by atoms with Crippen LogP contribution in [0.25, 0.3) is 10.1 Å². The van der Waals surface area contributed by atoms with E-state index in [9.17, 15) is 4.79 Å². The van der Waals surface area contributed by atoms with Gasteiger partial charge >= 0.3 is 0 Å². The molecule has 1 amide bonds. The fourth-order valence-electron chi connectivity index (χ4n) is 2.47. The molecule has 3 rings (SSSR count). The summed E-state index contributed by atoms with van der Waals surface area (Å²) in [4.78, 5) is 13.1. The van der Waals surface area contributed by atoms with Gasteiger partial charge in [-0.05, 0) is 36.8 Å². The summed E-state index contributed by atoms with van der Waals surface area (Å²) in [5.41, 5.74) is 0.956. The molecule has 1 aromatic heterocycles. The van der Waals surface area contributed by atoms with E-state index in [1.165, 1.54) is 11.3 Å². The molecule has 1 heterocycles.